The average molecular weight is 259 g/mol. The van der Waals surface area contributed by atoms with Crippen molar-refractivity contribution >= 4 is 5.78 Å². The molecule has 0 aromatic heterocycles. The van der Waals surface area contributed by atoms with E-state index in [1.165, 1.54) is 0 Å². The van der Waals surface area contributed by atoms with Crippen molar-refractivity contribution in [3.8, 4) is 0 Å². The molecule has 100 valence electrons. The van der Waals surface area contributed by atoms with Crippen LogP contribution in [0.15, 0.2) is 11.3 Å². The Hall–Kier alpha value is -1.00. The van der Waals surface area contributed by atoms with Gasteiger partial charge >= 0.3 is 6.18 Å². The van der Waals surface area contributed by atoms with Crippen molar-refractivity contribution in [3.05, 3.63) is 11.3 Å². The SMILES string of the molecule is O=C(C1=C(N2CCCC2)C2CCCC12)C(F)(F)F. The summed E-state index contributed by atoms with van der Waals surface area (Å²) in [5, 5.41) is 0. The predicted molar refractivity (Wildman–Crippen MR) is 59.7 cm³/mol. The van der Waals surface area contributed by atoms with E-state index >= 15 is 0 Å². The molecule has 2 unspecified atom stereocenters. The molecule has 3 aliphatic rings. The number of ketones is 1. The molecule has 0 aromatic rings. The van der Waals surface area contributed by atoms with Crippen LogP contribution in [-0.2, 0) is 4.79 Å². The zero-order chi connectivity index (χ0) is 12.9. The zero-order valence-electron chi connectivity index (χ0n) is 10.1. The van der Waals surface area contributed by atoms with Gasteiger partial charge in [0.15, 0.2) is 0 Å². The summed E-state index contributed by atoms with van der Waals surface area (Å²) in [6.45, 7) is 1.63. The van der Waals surface area contributed by atoms with Crippen molar-refractivity contribution in [1.29, 1.82) is 0 Å². The Labute approximate surface area is 104 Å². The third-order valence-corrected chi connectivity index (χ3v) is 4.46. The highest BCUT2D eigenvalue weighted by atomic mass is 19.4. The highest BCUT2D eigenvalue weighted by Crippen LogP contribution is 2.54. The van der Waals surface area contributed by atoms with Gasteiger partial charge in [-0.15, -0.1) is 0 Å². The van der Waals surface area contributed by atoms with Crippen molar-refractivity contribution in [2.75, 3.05) is 13.1 Å². The van der Waals surface area contributed by atoms with Gasteiger partial charge in [-0.25, -0.2) is 0 Å². The number of hydrogen-bond donors (Lipinski definition) is 0. The predicted octanol–water partition coefficient (Wildman–Crippen LogP) is 2.90. The molecule has 0 radical (unpaired) electrons. The van der Waals surface area contributed by atoms with Crippen molar-refractivity contribution in [2.45, 2.75) is 38.3 Å². The molecule has 5 heteroatoms. The summed E-state index contributed by atoms with van der Waals surface area (Å²) in [7, 11) is 0. The molecule has 1 saturated carbocycles. The lowest BCUT2D eigenvalue weighted by Gasteiger charge is -2.42. The molecule has 1 heterocycles. The molecular formula is C13H16F3NO. The van der Waals surface area contributed by atoms with Gasteiger partial charge in [-0.1, -0.05) is 6.42 Å². The molecule has 0 bridgehead atoms. The number of Topliss-reactive ketones (excluding diaryl/α,β-unsaturated/α-hetero) is 1. The van der Waals surface area contributed by atoms with Crippen LogP contribution in [0.25, 0.3) is 0 Å². The quantitative estimate of drug-likeness (QED) is 0.760. The number of halogens is 3. The minimum Gasteiger partial charge on any atom is -0.374 e. The van der Waals surface area contributed by atoms with Crippen LogP contribution >= 0.6 is 0 Å². The van der Waals surface area contributed by atoms with Gasteiger partial charge in [-0.3, -0.25) is 4.79 Å². The molecule has 1 saturated heterocycles. The van der Waals surface area contributed by atoms with E-state index in [9.17, 15) is 18.0 Å². The molecule has 2 nitrogen and oxygen atoms in total. The number of carbonyl (C=O) groups excluding carboxylic acids is 1. The fraction of sp³-hybridized carbons (Fsp3) is 0.769. The molecule has 2 atom stereocenters. The summed E-state index contributed by atoms with van der Waals surface area (Å²) in [5.41, 5.74) is 0.823. The fourth-order valence-corrected chi connectivity index (χ4v) is 3.73. The number of fused-ring (bicyclic) bond motifs is 1. The largest absolute Gasteiger partial charge is 0.454 e. The number of hydrogen-bond acceptors (Lipinski definition) is 2. The van der Waals surface area contributed by atoms with E-state index in [1.807, 2.05) is 4.90 Å². The first-order valence-corrected chi connectivity index (χ1v) is 6.60. The Morgan fingerprint density at radius 1 is 1.06 bits per heavy atom. The van der Waals surface area contributed by atoms with Crippen LogP contribution in [0.4, 0.5) is 13.2 Å². The normalized spacial score (nSPS) is 31.6. The summed E-state index contributed by atoms with van der Waals surface area (Å²) in [6.07, 6.45) is -0.0256. The number of alkyl halides is 3. The van der Waals surface area contributed by atoms with Gasteiger partial charge in [-0.05, 0) is 31.6 Å². The number of nitrogens with zero attached hydrogens (tertiary/aromatic N) is 1. The molecule has 0 aromatic carbocycles. The lowest BCUT2D eigenvalue weighted by Crippen LogP contribution is -2.43. The monoisotopic (exact) mass is 259 g/mol. The maximum absolute atomic E-state index is 12.6. The molecule has 0 amide bonds. The van der Waals surface area contributed by atoms with E-state index in [0.717, 1.165) is 50.9 Å². The van der Waals surface area contributed by atoms with Crippen LogP contribution in [0.2, 0.25) is 0 Å². The first-order valence-electron chi connectivity index (χ1n) is 6.60. The summed E-state index contributed by atoms with van der Waals surface area (Å²) in [6, 6.07) is 0. The Bertz CT molecular complexity index is 407. The summed E-state index contributed by atoms with van der Waals surface area (Å²) in [5.74, 6) is -1.48. The summed E-state index contributed by atoms with van der Waals surface area (Å²) >= 11 is 0. The van der Waals surface area contributed by atoms with Crippen molar-refractivity contribution in [1.82, 2.24) is 4.90 Å². The molecule has 2 fully saturated rings. The number of allylic oxidation sites excluding steroid dienone is 2. The maximum atomic E-state index is 12.6. The second-order valence-corrected chi connectivity index (χ2v) is 5.46. The minimum atomic E-state index is -4.71. The first-order chi connectivity index (χ1) is 8.50. The third-order valence-electron chi connectivity index (χ3n) is 4.46. The molecule has 0 N–H and O–H groups in total. The Balaban J connectivity index is 1.94. The van der Waals surface area contributed by atoms with Gasteiger partial charge in [0.05, 0.1) is 0 Å². The number of rotatable bonds is 2. The molecule has 3 rings (SSSR count). The minimum absolute atomic E-state index is 0.0897. The Morgan fingerprint density at radius 2 is 1.67 bits per heavy atom. The van der Waals surface area contributed by atoms with Crippen LogP contribution < -0.4 is 0 Å². The lowest BCUT2D eigenvalue weighted by atomic mass is 9.71. The number of likely N-dealkylation sites (tertiary alicyclic amines) is 1. The Kier molecular flexibility index (Phi) is 2.68. The zero-order valence-corrected chi connectivity index (χ0v) is 10.1. The van der Waals surface area contributed by atoms with Gasteiger partial charge in [0.2, 0.25) is 0 Å². The smallest absolute Gasteiger partial charge is 0.374 e. The van der Waals surface area contributed by atoms with Crippen molar-refractivity contribution in [3.63, 3.8) is 0 Å². The van der Waals surface area contributed by atoms with Crippen molar-refractivity contribution in [2.24, 2.45) is 11.8 Å². The van der Waals surface area contributed by atoms with E-state index in [1.54, 1.807) is 0 Å². The fourth-order valence-electron chi connectivity index (χ4n) is 3.73. The van der Waals surface area contributed by atoms with Gasteiger partial charge in [0, 0.05) is 30.3 Å². The molecule has 0 spiro atoms. The second kappa shape index (κ2) is 4.00. The van der Waals surface area contributed by atoms with E-state index in [0.29, 0.717) is 0 Å². The average Bonchev–Trinajstić information content (AvgIpc) is 2.89. The lowest BCUT2D eigenvalue weighted by molar-refractivity contribution is -0.168. The van der Waals surface area contributed by atoms with Gasteiger partial charge < -0.3 is 4.90 Å². The molecule has 1 aliphatic heterocycles. The summed E-state index contributed by atoms with van der Waals surface area (Å²) in [4.78, 5) is 13.6. The first kappa shape index (κ1) is 12.1. The topological polar surface area (TPSA) is 20.3 Å². The standard InChI is InChI=1S/C13H16F3NO/c14-13(15,16)12(18)10-8-4-3-5-9(8)11(10)17-6-1-2-7-17/h8-9H,1-7H2. The van der Waals surface area contributed by atoms with Crippen molar-refractivity contribution < 1.29 is 18.0 Å². The third kappa shape index (κ3) is 1.67. The second-order valence-electron chi connectivity index (χ2n) is 5.46. The highest BCUT2D eigenvalue weighted by molar-refractivity contribution is 6.02. The molecular weight excluding hydrogens is 243 g/mol. The van der Waals surface area contributed by atoms with Crippen LogP contribution in [0.5, 0.6) is 0 Å². The maximum Gasteiger partial charge on any atom is 0.454 e. The van der Waals surface area contributed by atoms with Crippen LogP contribution in [0, 0.1) is 11.8 Å². The molecule has 2 aliphatic carbocycles. The van der Waals surface area contributed by atoms with Crippen LogP contribution in [0.1, 0.15) is 32.1 Å². The Morgan fingerprint density at radius 3 is 2.28 bits per heavy atom. The van der Waals surface area contributed by atoms with Crippen LogP contribution in [-0.4, -0.2) is 29.9 Å². The number of carbonyl (C=O) groups is 1. The van der Waals surface area contributed by atoms with Gasteiger partial charge in [0.1, 0.15) is 0 Å². The highest BCUT2D eigenvalue weighted by Gasteiger charge is 2.54. The van der Waals surface area contributed by atoms with Gasteiger partial charge in [-0.2, -0.15) is 13.2 Å². The van der Waals surface area contributed by atoms with E-state index in [4.69, 9.17) is 0 Å². The van der Waals surface area contributed by atoms with Crippen LogP contribution in [0.3, 0.4) is 0 Å². The molecule has 18 heavy (non-hydrogen) atoms. The van der Waals surface area contributed by atoms with Gasteiger partial charge in [0.25, 0.3) is 5.78 Å². The van der Waals surface area contributed by atoms with E-state index < -0.39 is 12.0 Å². The summed E-state index contributed by atoms with van der Waals surface area (Å²) < 4.78 is 37.9. The van der Waals surface area contributed by atoms with E-state index in [2.05, 4.69) is 0 Å². The van der Waals surface area contributed by atoms with E-state index in [-0.39, 0.29) is 17.4 Å².